The van der Waals surface area contributed by atoms with Crippen molar-refractivity contribution in [3.63, 3.8) is 0 Å². The zero-order valence-electron chi connectivity index (χ0n) is 18.2. The van der Waals surface area contributed by atoms with Crippen LogP contribution in [0.4, 0.5) is 0 Å². The van der Waals surface area contributed by atoms with Crippen LogP contribution in [0.15, 0.2) is 84.7 Å². The third kappa shape index (κ3) is 6.67. The molecular formula is C29H34O4. The molecule has 0 spiro atoms. The quantitative estimate of drug-likeness (QED) is 0.402. The topological polar surface area (TPSA) is 63.6 Å². The van der Waals surface area contributed by atoms with E-state index in [1.807, 2.05) is 18.2 Å². The van der Waals surface area contributed by atoms with E-state index in [4.69, 9.17) is 9.84 Å². The van der Waals surface area contributed by atoms with E-state index in [9.17, 15) is 9.59 Å². The van der Waals surface area contributed by atoms with Gasteiger partial charge in [-0.05, 0) is 86.6 Å². The van der Waals surface area contributed by atoms with Crippen molar-refractivity contribution in [2.24, 2.45) is 23.7 Å². The fourth-order valence-electron chi connectivity index (χ4n) is 4.95. The second kappa shape index (κ2) is 11.6. The van der Waals surface area contributed by atoms with Crippen molar-refractivity contribution in [3.05, 3.63) is 95.8 Å². The van der Waals surface area contributed by atoms with Crippen molar-refractivity contribution < 1.29 is 19.4 Å². The van der Waals surface area contributed by atoms with E-state index in [0.717, 1.165) is 17.6 Å². The first-order valence-electron chi connectivity index (χ1n) is 11.5. The van der Waals surface area contributed by atoms with E-state index in [1.54, 1.807) is 42.5 Å². The van der Waals surface area contributed by atoms with Gasteiger partial charge in [0.2, 0.25) is 0 Å². The van der Waals surface area contributed by atoms with E-state index in [-0.39, 0.29) is 13.4 Å². The highest BCUT2D eigenvalue weighted by atomic mass is 16.5. The lowest BCUT2D eigenvalue weighted by atomic mass is 10.1. The minimum absolute atomic E-state index is 0. The van der Waals surface area contributed by atoms with Crippen LogP contribution in [0.1, 0.15) is 66.7 Å². The number of esters is 1. The van der Waals surface area contributed by atoms with Gasteiger partial charge in [-0.2, -0.15) is 0 Å². The highest BCUT2D eigenvalue weighted by molar-refractivity contribution is 5.90. The third-order valence-electron chi connectivity index (χ3n) is 6.69. The molecule has 0 amide bonds. The second-order valence-corrected chi connectivity index (χ2v) is 8.98. The van der Waals surface area contributed by atoms with Gasteiger partial charge in [0.25, 0.3) is 0 Å². The first-order valence-corrected chi connectivity index (χ1v) is 11.5. The lowest BCUT2D eigenvalue weighted by Crippen LogP contribution is -2.09. The van der Waals surface area contributed by atoms with Crippen LogP contribution < -0.4 is 0 Å². The number of carboxylic acids is 1. The summed E-state index contributed by atoms with van der Waals surface area (Å²) in [7, 11) is 0. The second-order valence-electron chi connectivity index (χ2n) is 8.98. The van der Waals surface area contributed by atoms with Gasteiger partial charge in [-0.1, -0.05) is 56.0 Å². The molecule has 0 aliphatic heterocycles. The fourth-order valence-corrected chi connectivity index (χ4v) is 4.95. The molecule has 4 atom stereocenters. The molecule has 2 aromatic rings. The summed E-state index contributed by atoms with van der Waals surface area (Å²) in [5.74, 6) is 2.94. The molecule has 2 aromatic carbocycles. The molecule has 4 aliphatic carbocycles. The van der Waals surface area contributed by atoms with Gasteiger partial charge in [0.1, 0.15) is 5.76 Å². The molecule has 2 saturated carbocycles. The zero-order chi connectivity index (χ0) is 22.3. The summed E-state index contributed by atoms with van der Waals surface area (Å²) >= 11 is 0. The van der Waals surface area contributed by atoms with Gasteiger partial charge < -0.3 is 9.84 Å². The Bertz CT molecular complexity index is 965. The molecule has 4 heteroatoms. The highest BCUT2D eigenvalue weighted by Gasteiger charge is 2.35. The lowest BCUT2D eigenvalue weighted by Gasteiger charge is -2.13. The van der Waals surface area contributed by atoms with Crippen LogP contribution >= 0.6 is 0 Å². The van der Waals surface area contributed by atoms with Crippen LogP contribution in [-0.4, -0.2) is 17.0 Å². The van der Waals surface area contributed by atoms with Crippen molar-refractivity contribution in [1.29, 1.82) is 0 Å². The third-order valence-corrected chi connectivity index (χ3v) is 6.69. The van der Waals surface area contributed by atoms with Crippen molar-refractivity contribution in [2.45, 2.75) is 46.0 Å². The standard InChI is InChI=1S/C14H14O2.C7H6O2.C7H10.CH4/c15-14(11-4-2-1-3-5-11)16-13-9-10-6-7-12(13)8-10;8-7(9)6-4-2-1-3-5-6;1-2-7-4-3-6(1)5-7;/h1-5,9-10,12H,6-8H2;1-5H,(H,8,9);1-2,6-7H,3-5H2;1H4. The molecule has 33 heavy (non-hydrogen) atoms. The predicted octanol–water partition coefficient (Wildman–Crippen LogP) is 7.15. The Kier molecular flexibility index (Phi) is 8.65. The number of hydrogen-bond acceptors (Lipinski definition) is 3. The smallest absolute Gasteiger partial charge is 0.343 e. The van der Waals surface area contributed by atoms with Crippen LogP contribution in [0.5, 0.6) is 0 Å². The summed E-state index contributed by atoms with van der Waals surface area (Å²) in [6, 6.07) is 17.5. The number of carbonyl (C=O) groups is 2. The maximum Gasteiger partial charge on any atom is 0.343 e. The van der Waals surface area contributed by atoms with Crippen molar-refractivity contribution in [3.8, 4) is 0 Å². The van der Waals surface area contributed by atoms with Crippen LogP contribution in [0.2, 0.25) is 0 Å². The Hall–Kier alpha value is -3.14. The Morgan fingerprint density at radius 2 is 1.27 bits per heavy atom. The molecular weight excluding hydrogens is 412 g/mol. The maximum atomic E-state index is 11.8. The number of hydrogen-bond donors (Lipinski definition) is 1. The van der Waals surface area contributed by atoms with Crippen molar-refractivity contribution >= 4 is 11.9 Å². The normalized spacial score (nSPS) is 25.0. The summed E-state index contributed by atoms with van der Waals surface area (Å²) in [5.41, 5.74) is 0.962. The van der Waals surface area contributed by atoms with Gasteiger partial charge in [-0.3, -0.25) is 0 Å². The lowest BCUT2D eigenvalue weighted by molar-refractivity contribution is 0.0591. The maximum absolute atomic E-state index is 11.8. The van der Waals surface area contributed by atoms with Crippen LogP contribution in [0.25, 0.3) is 0 Å². The van der Waals surface area contributed by atoms with E-state index in [0.29, 0.717) is 23.0 Å². The van der Waals surface area contributed by atoms with Crippen LogP contribution in [-0.2, 0) is 4.74 Å². The van der Waals surface area contributed by atoms with Crippen LogP contribution in [0, 0.1) is 23.7 Å². The van der Waals surface area contributed by atoms with Gasteiger partial charge in [-0.15, -0.1) is 0 Å². The first kappa shape index (κ1) is 24.5. The average molecular weight is 447 g/mol. The largest absolute Gasteiger partial charge is 0.478 e. The number of benzene rings is 2. The fraction of sp³-hybridized carbons (Fsp3) is 0.379. The molecule has 4 bridgehead atoms. The zero-order valence-corrected chi connectivity index (χ0v) is 18.2. The summed E-state index contributed by atoms with van der Waals surface area (Å²) in [6.45, 7) is 0. The number of aromatic carboxylic acids is 1. The Labute approximate surface area is 197 Å². The molecule has 0 aromatic heterocycles. The molecule has 2 fully saturated rings. The molecule has 0 heterocycles. The van der Waals surface area contributed by atoms with E-state index < -0.39 is 5.97 Å². The molecule has 0 radical (unpaired) electrons. The predicted molar refractivity (Wildman–Crippen MR) is 131 cm³/mol. The van der Waals surface area contributed by atoms with Crippen LogP contribution in [0.3, 0.4) is 0 Å². The Morgan fingerprint density at radius 1 is 0.727 bits per heavy atom. The molecule has 0 saturated heterocycles. The minimum atomic E-state index is -0.879. The average Bonchev–Trinajstić information content (AvgIpc) is 3.64. The molecule has 4 nitrogen and oxygen atoms in total. The molecule has 1 N–H and O–H groups in total. The number of fused-ring (bicyclic) bond motifs is 4. The molecule has 4 aliphatic rings. The number of ether oxygens (including phenoxy) is 1. The SMILES string of the molecule is C.C1=CC2CCC1C2.O=C(O)c1ccccc1.O=C(OC1=CC2CCC1C2)c1ccccc1. The molecule has 174 valence electrons. The number of carboxylic acid groups (broad SMARTS) is 1. The van der Waals surface area contributed by atoms with Gasteiger partial charge in [-0.25, -0.2) is 9.59 Å². The number of carbonyl (C=O) groups excluding carboxylic acids is 1. The van der Waals surface area contributed by atoms with Crippen molar-refractivity contribution in [2.75, 3.05) is 0 Å². The monoisotopic (exact) mass is 446 g/mol. The number of rotatable bonds is 3. The Balaban J connectivity index is 0.000000152. The Morgan fingerprint density at radius 3 is 1.64 bits per heavy atom. The minimum Gasteiger partial charge on any atom is -0.478 e. The van der Waals surface area contributed by atoms with Gasteiger partial charge in [0.15, 0.2) is 0 Å². The first-order chi connectivity index (χ1) is 15.6. The van der Waals surface area contributed by atoms with E-state index in [2.05, 4.69) is 18.2 Å². The molecule has 4 unspecified atom stereocenters. The number of allylic oxidation sites excluding steroid dienone is 4. The van der Waals surface area contributed by atoms with Crippen molar-refractivity contribution in [1.82, 2.24) is 0 Å². The van der Waals surface area contributed by atoms with Gasteiger partial charge in [0, 0.05) is 5.92 Å². The summed E-state index contributed by atoms with van der Waals surface area (Å²) < 4.78 is 5.45. The summed E-state index contributed by atoms with van der Waals surface area (Å²) in [6.07, 6.45) is 14.9. The molecule has 6 rings (SSSR count). The summed E-state index contributed by atoms with van der Waals surface area (Å²) in [5, 5.41) is 8.38. The highest BCUT2D eigenvalue weighted by Crippen LogP contribution is 2.44. The van der Waals surface area contributed by atoms with E-state index >= 15 is 0 Å². The summed E-state index contributed by atoms with van der Waals surface area (Å²) in [4.78, 5) is 22.0. The van der Waals surface area contributed by atoms with E-state index in [1.165, 1.54) is 38.5 Å². The van der Waals surface area contributed by atoms with Gasteiger partial charge >= 0.3 is 11.9 Å². The van der Waals surface area contributed by atoms with Gasteiger partial charge in [0.05, 0.1) is 11.1 Å².